The fraction of sp³-hybridized carbons (Fsp3) is 0.273. The summed E-state index contributed by atoms with van der Waals surface area (Å²) < 4.78 is 25.1. The molecule has 3 rings (SSSR count). The number of rotatable bonds is 5. The Bertz CT molecular complexity index is 918. The number of methoxy groups -OCH3 is 1. The summed E-state index contributed by atoms with van der Waals surface area (Å²) in [6.07, 6.45) is 1.67. The van der Waals surface area contributed by atoms with Crippen molar-refractivity contribution < 1.29 is 23.5 Å². The molecule has 0 saturated heterocycles. The highest BCUT2D eigenvalue weighted by atomic mass is 35.5. The molecule has 0 unspecified atom stereocenters. The number of allylic oxidation sites excluding steroid dienone is 2. The zero-order valence-corrected chi connectivity index (χ0v) is 16.3. The van der Waals surface area contributed by atoms with Crippen molar-refractivity contribution in [1.82, 2.24) is 0 Å². The molecule has 0 heterocycles. The highest BCUT2D eigenvalue weighted by Crippen LogP contribution is 2.44. The summed E-state index contributed by atoms with van der Waals surface area (Å²) in [4.78, 5) is 25.4. The molecule has 6 heteroatoms. The second kappa shape index (κ2) is 8.57. The highest BCUT2D eigenvalue weighted by molar-refractivity contribution is 6.31. The van der Waals surface area contributed by atoms with Crippen LogP contribution in [0.3, 0.4) is 0 Å². The fourth-order valence-electron chi connectivity index (χ4n) is 3.62. The van der Waals surface area contributed by atoms with E-state index in [4.69, 9.17) is 21.1 Å². The Morgan fingerprint density at radius 2 is 1.96 bits per heavy atom. The van der Waals surface area contributed by atoms with Crippen LogP contribution in [-0.2, 0) is 14.3 Å². The number of para-hydroxylation sites is 1. The number of ketones is 1. The van der Waals surface area contributed by atoms with Gasteiger partial charge in [-0.2, -0.15) is 0 Å². The van der Waals surface area contributed by atoms with Gasteiger partial charge in [-0.15, -0.1) is 0 Å². The van der Waals surface area contributed by atoms with Gasteiger partial charge in [-0.1, -0.05) is 35.9 Å². The van der Waals surface area contributed by atoms with Gasteiger partial charge in [-0.05, 0) is 43.2 Å². The molecule has 0 fully saturated rings. The number of hydrogen-bond donors (Lipinski definition) is 0. The van der Waals surface area contributed by atoms with Gasteiger partial charge in [0.25, 0.3) is 0 Å². The number of esters is 1. The second-order valence-corrected chi connectivity index (χ2v) is 6.86. The molecule has 2 atom stereocenters. The van der Waals surface area contributed by atoms with Crippen LogP contribution >= 0.6 is 11.6 Å². The van der Waals surface area contributed by atoms with Gasteiger partial charge < -0.3 is 9.47 Å². The molecule has 0 aromatic heterocycles. The van der Waals surface area contributed by atoms with Crippen molar-refractivity contribution in [1.29, 1.82) is 0 Å². The minimum Gasteiger partial charge on any atom is -0.496 e. The van der Waals surface area contributed by atoms with Crippen LogP contribution in [0.2, 0.25) is 5.02 Å². The predicted molar refractivity (Wildman–Crippen MR) is 105 cm³/mol. The second-order valence-electron chi connectivity index (χ2n) is 6.45. The molecular formula is C22H20ClFO4. The lowest BCUT2D eigenvalue weighted by Crippen LogP contribution is -2.34. The van der Waals surface area contributed by atoms with Gasteiger partial charge in [0.05, 0.1) is 13.7 Å². The van der Waals surface area contributed by atoms with Gasteiger partial charge >= 0.3 is 5.97 Å². The molecule has 0 aliphatic heterocycles. The van der Waals surface area contributed by atoms with Crippen LogP contribution in [0.4, 0.5) is 4.39 Å². The van der Waals surface area contributed by atoms with Gasteiger partial charge in [0.1, 0.15) is 17.5 Å². The Morgan fingerprint density at radius 1 is 1.21 bits per heavy atom. The van der Waals surface area contributed by atoms with Crippen molar-refractivity contribution in [3.05, 3.63) is 70.5 Å². The summed E-state index contributed by atoms with van der Waals surface area (Å²) in [5.41, 5.74) is 1.53. The van der Waals surface area contributed by atoms with Crippen LogP contribution in [-0.4, -0.2) is 25.5 Å². The van der Waals surface area contributed by atoms with Crippen molar-refractivity contribution in [3.63, 3.8) is 0 Å². The first-order valence-corrected chi connectivity index (χ1v) is 9.34. The van der Waals surface area contributed by atoms with Crippen molar-refractivity contribution >= 4 is 28.9 Å². The molecule has 1 aliphatic carbocycles. The molecule has 1 aliphatic rings. The number of hydrogen-bond acceptors (Lipinski definition) is 4. The minimum absolute atomic E-state index is 0.128. The van der Waals surface area contributed by atoms with Crippen LogP contribution in [0.25, 0.3) is 5.57 Å². The average Bonchev–Trinajstić information content (AvgIpc) is 2.67. The Balaban J connectivity index is 2.13. The van der Waals surface area contributed by atoms with E-state index in [0.29, 0.717) is 11.3 Å². The van der Waals surface area contributed by atoms with Gasteiger partial charge in [-0.3, -0.25) is 9.59 Å². The maximum atomic E-state index is 14.7. The summed E-state index contributed by atoms with van der Waals surface area (Å²) in [6.45, 7) is 1.79. The first-order valence-electron chi connectivity index (χ1n) is 8.96. The van der Waals surface area contributed by atoms with E-state index in [2.05, 4.69) is 0 Å². The van der Waals surface area contributed by atoms with Crippen LogP contribution in [0.15, 0.2) is 48.5 Å². The Labute approximate surface area is 167 Å². The number of carbonyl (C=O) groups is 2. The molecule has 0 amide bonds. The zero-order chi connectivity index (χ0) is 20.3. The Kier molecular flexibility index (Phi) is 6.15. The summed E-state index contributed by atoms with van der Waals surface area (Å²) in [5.74, 6) is -2.99. The third-order valence-electron chi connectivity index (χ3n) is 4.83. The summed E-state index contributed by atoms with van der Waals surface area (Å²) in [6, 6.07) is 11.6. The molecule has 146 valence electrons. The Morgan fingerprint density at radius 3 is 2.64 bits per heavy atom. The van der Waals surface area contributed by atoms with E-state index >= 15 is 0 Å². The summed E-state index contributed by atoms with van der Waals surface area (Å²) in [5, 5.41) is 0.174. The van der Waals surface area contributed by atoms with E-state index in [9.17, 15) is 14.0 Å². The maximum Gasteiger partial charge on any atom is 0.317 e. The summed E-state index contributed by atoms with van der Waals surface area (Å²) in [7, 11) is 1.54. The fourth-order valence-corrected chi connectivity index (χ4v) is 3.92. The molecule has 4 nitrogen and oxygen atoms in total. The first-order chi connectivity index (χ1) is 13.5. The number of carbonyl (C=O) groups excluding carboxylic acids is 2. The number of ether oxygens (including phenoxy) is 2. The summed E-state index contributed by atoms with van der Waals surface area (Å²) >= 11 is 6.26. The van der Waals surface area contributed by atoms with Gasteiger partial charge in [-0.25, -0.2) is 4.39 Å². The molecule has 0 N–H and O–H groups in total. The lowest BCUT2D eigenvalue weighted by molar-refractivity contribution is -0.151. The van der Waals surface area contributed by atoms with E-state index in [1.165, 1.54) is 25.3 Å². The van der Waals surface area contributed by atoms with Crippen LogP contribution in [0, 0.1) is 11.7 Å². The van der Waals surface area contributed by atoms with Crippen LogP contribution < -0.4 is 4.74 Å². The zero-order valence-electron chi connectivity index (χ0n) is 15.6. The van der Waals surface area contributed by atoms with Crippen LogP contribution in [0.5, 0.6) is 5.75 Å². The smallest absolute Gasteiger partial charge is 0.317 e. The molecule has 28 heavy (non-hydrogen) atoms. The van der Waals surface area contributed by atoms with Gasteiger partial charge in [0, 0.05) is 22.1 Å². The lowest BCUT2D eigenvalue weighted by Gasteiger charge is -2.30. The van der Waals surface area contributed by atoms with Crippen molar-refractivity contribution in [2.75, 3.05) is 13.7 Å². The van der Waals surface area contributed by atoms with Crippen molar-refractivity contribution in [2.45, 2.75) is 19.3 Å². The number of benzene rings is 2. The van der Waals surface area contributed by atoms with E-state index in [1.54, 1.807) is 19.1 Å². The standard InChI is InChI=1S/C22H20ClFO4/c1-3-28-22(26)21-15(20-16(23)8-6-9-17(20)24)11-13(12-18(21)25)14-7-4-5-10-19(14)27-2/h4-10,12,15,21H,3,11H2,1-2H3/t15-,21+/m0/s1. The molecule has 0 saturated carbocycles. The predicted octanol–water partition coefficient (Wildman–Crippen LogP) is 4.81. The minimum atomic E-state index is -1.15. The number of halogens is 2. The SMILES string of the molecule is CCOC(=O)[C@H]1C(=O)C=C(c2ccccc2OC)C[C@H]1c1c(F)cccc1Cl. The molecule has 0 bridgehead atoms. The monoisotopic (exact) mass is 402 g/mol. The average molecular weight is 403 g/mol. The quantitative estimate of drug-likeness (QED) is 0.532. The molecule has 2 aromatic carbocycles. The molecule has 0 radical (unpaired) electrons. The lowest BCUT2D eigenvalue weighted by atomic mass is 9.73. The van der Waals surface area contributed by atoms with Crippen molar-refractivity contribution in [3.8, 4) is 5.75 Å². The third-order valence-corrected chi connectivity index (χ3v) is 5.16. The third kappa shape index (κ3) is 3.80. The topological polar surface area (TPSA) is 52.6 Å². The Hall–Kier alpha value is -2.66. The van der Waals surface area contributed by atoms with E-state index in [1.807, 2.05) is 18.2 Å². The normalized spacial score (nSPS) is 19.1. The van der Waals surface area contributed by atoms with Crippen LogP contribution in [0.1, 0.15) is 30.4 Å². The van der Waals surface area contributed by atoms with E-state index in [-0.39, 0.29) is 23.6 Å². The molecule has 0 spiro atoms. The van der Waals surface area contributed by atoms with E-state index < -0.39 is 29.4 Å². The molecular weight excluding hydrogens is 383 g/mol. The maximum absolute atomic E-state index is 14.7. The first kappa shape index (κ1) is 20.1. The van der Waals surface area contributed by atoms with Crippen molar-refractivity contribution in [2.24, 2.45) is 5.92 Å². The molecule has 2 aromatic rings. The van der Waals surface area contributed by atoms with Gasteiger partial charge in [0.2, 0.25) is 0 Å². The van der Waals surface area contributed by atoms with E-state index in [0.717, 1.165) is 5.56 Å². The van der Waals surface area contributed by atoms with Gasteiger partial charge in [0.15, 0.2) is 5.78 Å². The highest BCUT2D eigenvalue weighted by Gasteiger charge is 2.42. The largest absolute Gasteiger partial charge is 0.496 e.